The molecular formula is C22H27N6O8P. The van der Waals surface area contributed by atoms with Crippen molar-refractivity contribution in [2.75, 3.05) is 25.2 Å². The van der Waals surface area contributed by atoms with Gasteiger partial charge in [0.1, 0.15) is 11.8 Å². The van der Waals surface area contributed by atoms with Gasteiger partial charge in [0.15, 0.2) is 5.82 Å². The lowest BCUT2D eigenvalue weighted by molar-refractivity contribution is 0.0211. The molecule has 2 heterocycles. The highest BCUT2D eigenvalue weighted by Crippen LogP contribution is 2.35. The molecule has 0 saturated carbocycles. The Kier molecular flexibility index (Phi) is 8.61. The first-order valence-corrected chi connectivity index (χ1v) is 12.7. The van der Waals surface area contributed by atoms with Gasteiger partial charge in [-0.2, -0.15) is 5.10 Å². The molecule has 0 aliphatic carbocycles. The topological polar surface area (TPSA) is 185 Å². The van der Waals surface area contributed by atoms with Gasteiger partial charge in [0, 0.05) is 30.5 Å². The number of benzene rings is 1. The van der Waals surface area contributed by atoms with Crippen LogP contribution in [0.1, 0.15) is 45.7 Å². The third kappa shape index (κ3) is 6.49. The van der Waals surface area contributed by atoms with Crippen LogP contribution in [0.3, 0.4) is 0 Å². The highest BCUT2D eigenvalue weighted by atomic mass is 31.2. The molecule has 0 saturated heterocycles. The van der Waals surface area contributed by atoms with Crippen LogP contribution in [0, 0.1) is 13.8 Å². The number of hydrogen-bond acceptors (Lipinski definition) is 9. The van der Waals surface area contributed by atoms with E-state index in [9.17, 15) is 18.9 Å². The zero-order valence-electron chi connectivity index (χ0n) is 20.6. The Labute approximate surface area is 211 Å². The first-order valence-electron chi connectivity index (χ1n) is 11.1. The number of rotatable bonds is 9. The number of nitrogens with one attached hydrogen (secondary N) is 2. The quantitative estimate of drug-likeness (QED) is 0.233. The van der Waals surface area contributed by atoms with Gasteiger partial charge < -0.3 is 25.2 Å². The van der Waals surface area contributed by atoms with E-state index in [0.717, 1.165) is 10.5 Å². The second kappa shape index (κ2) is 11.5. The molecule has 0 bridgehead atoms. The molecule has 37 heavy (non-hydrogen) atoms. The van der Waals surface area contributed by atoms with E-state index >= 15 is 0 Å². The van der Waals surface area contributed by atoms with E-state index in [1.54, 1.807) is 19.2 Å². The van der Waals surface area contributed by atoms with Crippen LogP contribution < -0.4 is 10.6 Å². The second-order valence-electron chi connectivity index (χ2n) is 7.78. The lowest BCUT2D eigenvalue weighted by atomic mass is 10.1. The minimum absolute atomic E-state index is 0.0668. The van der Waals surface area contributed by atoms with Gasteiger partial charge in [-0.05, 0) is 51.0 Å². The van der Waals surface area contributed by atoms with E-state index in [2.05, 4.69) is 30.0 Å². The molecular weight excluding hydrogens is 507 g/mol. The molecule has 0 unspecified atom stereocenters. The number of carbonyl (C=O) groups excluding carboxylic acids is 3. The average molecular weight is 534 g/mol. The minimum atomic E-state index is -4.84. The van der Waals surface area contributed by atoms with Gasteiger partial charge in [-0.25, -0.2) is 28.3 Å². The average Bonchev–Trinajstić information content (AvgIpc) is 3.17. The normalized spacial score (nSPS) is 11.3. The first-order chi connectivity index (χ1) is 17.5. The molecule has 0 atom stereocenters. The Bertz CT molecular complexity index is 1380. The van der Waals surface area contributed by atoms with Gasteiger partial charge >= 0.3 is 13.9 Å². The number of fused-ring (bicyclic) bond motifs is 1. The van der Waals surface area contributed by atoms with Crippen molar-refractivity contribution in [1.82, 2.24) is 24.8 Å². The predicted molar refractivity (Wildman–Crippen MR) is 131 cm³/mol. The summed E-state index contributed by atoms with van der Waals surface area (Å²) in [5.74, 6) is -0.535. The maximum Gasteiger partial charge on any atom is 0.472 e. The molecule has 0 aliphatic heterocycles. The monoisotopic (exact) mass is 534 g/mol. The van der Waals surface area contributed by atoms with Crippen LogP contribution >= 0.6 is 7.82 Å². The SMILES string of the molecule is CCNC(=O)c1cn2ncnc(Nc3cc(C(=O)N(CC)C(=O)OCOP(=O)(O)O)ccc3C)c2c1C. The Morgan fingerprint density at radius 2 is 1.92 bits per heavy atom. The highest BCUT2D eigenvalue weighted by Gasteiger charge is 2.25. The summed E-state index contributed by atoms with van der Waals surface area (Å²) in [6.07, 6.45) is 1.81. The van der Waals surface area contributed by atoms with E-state index in [1.807, 2.05) is 13.8 Å². The van der Waals surface area contributed by atoms with Crippen molar-refractivity contribution in [2.24, 2.45) is 0 Å². The van der Waals surface area contributed by atoms with Crippen LogP contribution in [0.15, 0.2) is 30.7 Å². The minimum Gasteiger partial charge on any atom is -0.421 e. The summed E-state index contributed by atoms with van der Waals surface area (Å²) in [6.45, 7) is 6.33. The van der Waals surface area contributed by atoms with Crippen molar-refractivity contribution in [3.05, 3.63) is 53.0 Å². The van der Waals surface area contributed by atoms with Gasteiger partial charge in [0.05, 0.1) is 5.56 Å². The molecule has 3 rings (SSSR count). The van der Waals surface area contributed by atoms with Crippen molar-refractivity contribution in [1.29, 1.82) is 0 Å². The number of anilines is 2. The van der Waals surface area contributed by atoms with Crippen molar-refractivity contribution in [2.45, 2.75) is 27.7 Å². The zero-order chi connectivity index (χ0) is 27.3. The number of aryl methyl sites for hydroxylation is 2. The smallest absolute Gasteiger partial charge is 0.421 e. The molecule has 3 aromatic rings. The largest absolute Gasteiger partial charge is 0.472 e. The maximum absolute atomic E-state index is 13.0. The van der Waals surface area contributed by atoms with Crippen molar-refractivity contribution < 1.29 is 38.0 Å². The second-order valence-corrected chi connectivity index (χ2v) is 9.02. The van der Waals surface area contributed by atoms with Crippen LogP contribution in [-0.2, 0) is 13.8 Å². The molecule has 4 N–H and O–H groups in total. The number of hydrogen-bond donors (Lipinski definition) is 4. The van der Waals surface area contributed by atoms with Gasteiger partial charge in [-0.15, -0.1) is 0 Å². The number of phosphoric ester groups is 1. The van der Waals surface area contributed by atoms with Crippen LogP contribution in [-0.4, -0.2) is 67.1 Å². The zero-order valence-corrected chi connectivity index (χ0v) is 21.5. The summed E-state index contributed by atoms with van der Waals surface area (Å²) < 4.78 is 21.0. The fraction of sp³-hybridized carbons (Fsp3) is 0.318. The Hall–Kier alpha value is -3.84. The van der Waals surface area contributed by atoms with Crippen LogP contribution in [0.25, 0.3) is 5.52 Å². The summed E-state index contributed by atoms with van der Waals surface area (Å²) in [5.41, 5.74) is 3.11. The highest BCUT2D eigenvalue weighted by molar-refractivity contribution is 7.46. The Morgan fingerprint density at radius 1 is 1.19 bits per heavy atom. The fourth-order valence-corrected chi connectivity index (χ4v) is 3.68. The summed E-state index contributed by atoms with van der Waals surface area (Å²) in [4.78, 5) is 60.2. The summed E-state index contributed by atoms with van der Waals surface area (Å²) in [6, 6.07) is 4.73. The summed E-state index contributed by atoms with van der Waals surface area (Å²) in [7, 11) is -4.84. The summed E-state index contributed by atoms with van der Waals surface area (Å²) >= 11 is 0. The van der Waals surface area contributed by atoms with E-state index < -0.39 is 26.6 Å². The Balaban J connectivity index is 1.88. The Morgan fingerprint density at radius 3 is 2.57 bits per heavy atom. The lowest BCUT2D eigenvalue weighted by Gasteiger charge is -2.19. The fourth-order valence-electron chi connectivity index (χ4n) is 3.49. The maximum atomic E-state index is 13.0. The molecule has 2 aromatic heterocycles. The van der Waals surface area contributed by atoms with Crippen molar-refractivity contribution in [3.8, 4) is 0 Å². The third-order valence-electron chi connectivity index (χ3n) is 5.33. The number of phosphoric acid groups is 1. The number of nitrogens with zero attached hydrogens (tertiary/aromatic N) is 4. The van der Waals surface area contributed by atoms with E-state index in [1.165, 1.54) is 29.9 Å². The molecule has 0 aliphatic rings. The van der Waals surface area contributed by atoms with Crippen molar-refractivity contribution >= 4 is 42.8 Å². The number of carbonyl (C=O) groups is 3. The number of amides is 3. The van der Waals surface area contributed by atoms with Gasteiger partial charge in [-0.3, -0.25) is 9.59 Å². The van der Waals surface area contributed by atoms with Crippen molar-refractivity contribution in [3.63, 3.8) is 0 Å². The number of aromatic nitrogens is 3. The molecule has 0 fully saturated rings. The standard InChI is InChI=1S/C22H27N6O8P/c1-5-23-20(29)16-10-28-18(14(16)4)19(24-11-25-28)26-17-9-15(8-7-13(17)3)21(30)27(6-2)22(31)35-12-36-37(32,33)34/h7-11H,5-6,12H2,1-4H3,(H,23,29)(H,24,25,26)(H2,32,33,34). The third-order valence-corrected chi connectivity index (χ3v) is 5.77. The van der Waals surface area contributed by atoms with Crippen LogP contribution in [0.2, 0.25) is 0 Å². The van der Waals surface area contributed by atoms with E-state index in [-0.39, 0.29) is 18.0 Å². The number of imide groups is 1. The molecule has 198 valence electrons. The molecule has 0 radical (unpaired) electrons. The molecule has 15 heteroatoms. The molecule has 1 aromatic carbocycles. The number of ether oxygens (including phenoxy) is 1. The summed E-state index contributed by atoms with van der Waals surface area (Å²) in [5, 5.41) is 10.1. The first kappa shape index (κ1) is 27.7. The van der Waals surface area contributed by atoms with E-state index in [0.29, 0.717) is 34.7 Å². The van der Waals surface area contributed by atoms with Gasteiger partial charge in [-0.1, -0.05) is 6.07 Å². The van der Waals surface area contributed by atoms with E-state index in [4.69, 9.17) is 9.79 Å². The van der Waals surface area contributed by atoms with Gasteiger partial charge in [0.25, 0.3) is 11.8 Å². The van der Waals surface area contributed by atoms with Crippen LogP contribution in [0.5, 0.6) is 0 Å². The molecule has 3 amide bonds. The molecule has 14 nitrogen and oxygen atoms in total. The predicted octanol–water partition coefficient (Wildman–Crippen LogP) is 2.50. The lowest BCUT2D eigenvalue weighted by Crippen LogP contribution is -2.37. The van der Waals surface area contributed by atoms with Gasteiger partial charge in [0.2, 0.25) is 6.79 Å². The molecule has 0 spiro atoms. The van der Waals surface area contributed by atoms with Crippen LogP contribution in [0.4, 0.5) is 16.3 Å².